The van der Waals surface area contributed by atoms with Crippen LogP contribution in [0.2, 0.25) is 57.9 Å². The molecule has 2 heterocycles. The molecule has 2 unspecified atom stereocenters. The summed E-state index contributed by atoms with van der Waals surface area (Å²) in [6.07, 6.45) is 1.43. The highest BCUT2D eigenvalue weighted by Crippen LogP contribution is 2.33. The number of aliphatic imine (C=N–C) groups is 4. The van der Waals surface area contributed by atoms with E-state index in [2.05, 4.69) is 53.3 Å². The maximum atomic E-state index is 7.00. The molecular formula is C24H56N15O5Si5. The molecule has 277 valence electrons. The number of nitrogens with zero attached hydrogens (tertiary/aromatic N) is 9. The summed E-state index contributed by atoms with van der Waals surface area (Å²) in [5, 5.41) is 3.22. The van der Waals surface area contributed by atoms with Crippen molar-refractivity contribution >= 4 is 85.2 Å². The van der Waals surface area contributed by atoms with Crippen LogP contribution in [-0.4, -0.2) is 133 Å². The van der Waals surface area contributed by atoms with Crippen LogP contribution < -0.4 is 34.0 Å². The van der Waals surface area contributed by atoms with Crippen molar-refractivity contribution in [1.82, 2.24) is 24.8 Å². The first-order valence-corrected chi connectivity index (χ1v) is 28.3. The zero-order valence-electron chi connectivity index (χ0n) is 30.7. The quantitative estimate of drug-likeness (QED) is 0.0813. The summed E-state index contributed by atoms with van der Waals surface area (Å²) >= 11 is 0. The molecule has 1 saturated heterocycles. The molecule has 0 aliphatic carbocycles. The zero-order valence-corrected chi connectivity index (χ0v) is 35.7. The Kier molecular flexibility index (Phi) is 15.4. The highest BCUT2D eigenvalue weighted by Gasteiger charge is 2.51. The second kappa shape index (κ2) is 17.9. The minimum Gasteiger partial charge on any atom is -0.416 e. The summed E-state index contributed by atoms with van der Waals surface area (Å²) in [6, 6.07) is 1.38. The van der Waals surface area contributed by atoms with Crippen molar-refractivity contribution in [2.75, 3.05) is 46.6 Å². The Morgan fingerprint density at radius 1 is 0.714 bits per heavy atom. The summed E-state index contributed by atoms with van der Waals surface area (Å²) < 4.78 is 33.3. The molecule has 1 aliphatic heterocycles. The first-order valence-electron chi connectivity index (χ1n) is 15.8. The molecule has 1 aliphatic rings. The molecule has 0 aromatic carbocycles. The van der Waals surface area contributed by atoms with Gasteiger partial charge in [0, 0.05) is 34.7 Å². The van der Waals surface area contributed by atoms with Crippen LogP contribution in [0, 0.1) is 0 Å². The average Bonchev–Trinajstić information content (AvgIpc) is 2.91. The minimum absolute atomic E-state index is 0.0725. The van der Waals surface area contributed by atoms with Gasteiger partial charge in [-0.25, -0.2) is 0 Å². The largest absolute Gasteiger partial charge is 0.416 e. The predicted octanol–water partition coefficient (Wildman–Crippen LogP) is 0.430. The molecule has 25 heteroatoms. The Labute approximate surface area is 295 Å². The molecule has 0 bridgehead atoms. The predicted molar refractivity (Wildman–Crippen MR) is 205 cm³/mol. The Hall–Kier alpha value is -2.87. The summed E-state index contributed by atoms with van der Waals surface area (Å²) in [6.45, 7) is 15.3. The SMILES string of the molecule is CN(C)C(N)=NC(N)=Nc1nc(N=C(N)N=C(N)N(C)C)nc(NCCC[Si]2(C)O[Si](C)(C)O[Si](C)O[Si](C)(C)O[Si](C)(CCCN)O2)n1. The molecule has 1 radical (unpaired) electrons. The Balaban J connectivity index is 2.38. The molecule has 0 saturated carbocycles. The van der Waals surface area contributed by atoms with E-state index in [0.29, 0.717) is 25.6 Å². The van der Waals surface area contributed by atoms with Gasteiger partial charge in [-0.1, -0.05) is 0 Å². The number of nitrogens with one attached hydrogen (secondary N) is 1. The van der Waals surface area contributed by atoms with Crippen molar-refractivity contribution in [1.29, 1.82) is 0 Å². The van der Waals surface area contributed by atoms with Crippen LogP contribution in [0.3, 0.4) is 0 Å². The topological polar surface area (TPSA) is 283 Å². The van der Waals surface area contributed by atoms with Gasteiger partial charge in [0.05, 0.1) is 0 Å². The van der Waals surface area contributed by atoms with Gasteiger partial charge in [-0.2, -0.15) is 34.9 Å². The third-order valence-electron chi connectivity index (χ3n) is 6.48. The number of anilines is 1. The summed E-state index contributed by atoms with van der Waals surface area (Å²) in [7, 11) is -5.50. The maximum Gasteiger partial charge on any atom is 0.362 e. The lowest BCUT2D eigenvalue weighted by Crippen LogP contribution is -2.63. The van der Waals surface area contributed by atoms with E-state index in [9.17, 15) is 0 Å². The lowest BCUT2D eigenvalue weighted by atomic mass is 10.5. The summed E-state index contributed by atoms with van der Waals surface area (Å²) in [5.74, 6) is -0.0211. The van der Waals surface area contributed by atoms with Crippen molar-refractivity contribution in [2.45, 2.75) is 70.8 Å². The van der Waals surface area contributed by atoms with Gasteiger partial charge in [0.15, 0.2) is 11.9 Å². The smallest absolute Gasteiger partial charge is 0.362 e. The standard InChI is InChI=1S/C24H56N15O5Si5/c1-38(2)20(28)31-18(26)33-23-35-22(36-24(37-23)34-19(27)32-21(29)39(3)4)30-15-13-17-49(11)43-47(8,9)41-45(5)40-46(6,7)42-48(10,44-49)16-12-14-25/h12-17,25H2,1-11H3,(H9,26,27,28,29,30,31,32,33,34,35,36,37). The summed E-state index contributed by atoms with van der Waals surface area (Å²) in [5.41, 5.74) is 29.6. The van der Waals surface area contributed by atoms with Gasteiger partial charge in [0.1, 0.15) is 0 Å². The molecule has 49 heavy (non-hydrogen) atoms. The Morgan fingerprint density at radius 3 is 1.55 bits per heavy atom. The number of nitrogens with two attached hydrogens (primary N) is 5. The molecule has 0 spiro atoms. The average molecular weight is 775 g/mol. The van der Waals surface area contributed by atoms with Crippen LogP contribution in [0.5, 0.6) is 0 Å². The van der Waals surface area contributed by atoms with E-state index in [1.165, 1.54) is 0 Å². The monoisotopic (exact) mass is 774 g/mol. The van der Waals surface area contributed by atoms with Gasteiger partial charge in [0.25, 0.3) is 11.9 Å². The Morgan fingerprint density at radius 2 is 1.14 bits per heavy atom. The number of hydrogen-bond acceptors (Lipinski definition) is 12. The maximum absolute atomic E-state index is 7.00. The van der Waals surface area contributed by atoms with Crippen LogP contribution in [0.15, 0.2) is 20.0 Å². The second-order valence-electron chi connectivity index (χ2n) is 12.9. The Bertz CT molecular complexity index is 1330. The molecule has 1 aromatic rings. The molecule has 2 rings (SSSR count). The van der Waals surface area contributed by atoms with E-state index in [-0.39, 0.29) is 41.7 Å². The van der Waals surface area contributed by atoms with E-state index < -0.39 is 43.5 Å². The zero-order chi connectivity index (χ0) is 37.2. The first kappa shape index (κ1) is 42.3. The molecule has 2 atom stereocenters. The van der Waals surface area contributed by atoms with Crippen molar-refractivity contribution in [2.24, 2.45) is 48.6 Å². The fourth-order valence-electron chi connectivity index (χ4n) is 4.75. The van der Waals surface area contributed by atoms with Crippen LogP contribution in [0.25, 0.3) is 0 Å². The number of rotatable bonds is 10. The molecule has 11 N–H and O–H groups in total. The van der Waals surface area contributed by atoms with Crippen LogP contribution in [0.4, 0.5) is 17.8 Å². The van der Waals surface area contributed by atoms with Gasteiger partial charge in [-0.05, 0) is 77.3 Å². The van der Waals surface area contributed by atoms with Crippen molar-refractivity contribution < 1.29 is 20.6 Å². The van der Waals surface area contributed by atoms with E-state index in [4.69, 9.17) is 49.2 Å². The van der Waals surface area contributed by atoms with Gasteiger partial charge >= 0.3 is 43.5 Å². The van der Waals surface area contributed by atoms with Crippen LogP contribution in [-0.2, 0) is 20.6 Å². The lowest BCUT2D eigenvalue weighted by Gasteiger charge is -2.46. The van der Waals surface area contributed by atoms with Gasteiger partial charge in [0.2, 0.25) is 17.9 Å². The molecule has 1 fully saturated rings. The van der Waals surface area contributed by atoms with Crippen LogP contribution in [0.1, 0.15) is 12.8 Å². The van der Waals surface area contributed by atoms with Crippen molar-refractivity contribution in [3.05, 3.63) is 0 Å². The fraction of sp³-hybridized carbons (Fsp3) is 0.708. The fourth-order valence-corrected chi connectivity index (χ4v) is 28.3. The molecule has 0 amide bonds. The van der Waals surface area contributed by atoms with Crippen molar-refractivity contribution in [3.8, 4) is 0 Å². The third-order valence-corrected chi connectivity index (χ3v) is 26.1. The van der Waals surface area contributed by atoms with Gasteiger partial charge in [-0.3, -0.25) is 0 Å². The van der Waals surface area contributed by atoms with E-state index in [1.807, 2.05) is 32.7 Å². The first-order chi connectivity index (χ1) is 22.5. The number of guanidine groups is 4. The minimum atomic E-state index is -2.86. The summed E-state index contributed by atoms with van der Waals surface area (Å²) in [4.78, 5) is 32.6. The van der Waals surface area contributed by atoms with E-state index >= 15 is 0 Å². The van der Waals surface area contributed by atoms with Crippen LogP contribution >= 0.6 is 0 Å². The molecule has 20 nitrogen and oxygen atoms in total. The molecular weight excluding hydrogens is 719 g/mol. The number of hydrogen-bond donors (Lipinski definition) is 6. The lowest BCUT2D eigenvalue weighted by molar-refractivity contribution is 0.241. The number of aromatic nitrogens is 3. The molecule has 1 aromatic heterocycles. The van der Waals surface area contributed by atoms with E-state index in [1.54, 1.807) is 38.0 Å². The van der Waals surface area contributed by atoms with Crippen molar-refractivity contribution in [3.63, 3.8) is 0 Å². The highest BCUT2D eigenvalue weighted by molar-refractivity contribution is 6.91. The third kappa shape index (κ3) is 15.3. The van der Waals surface area contributed by atoms with Gasteiger partial charge < -0.3 is 64.4 Å². The van der Waals surface area contributed by atoms with Gasteiger partial charge in [-0.15, -0.1) is 0 Å². The normalized spacial score (nSPS) is 24.4. The second-order valence-corrected chi connectivity index (χ2v) is 29.1. The van der Waals surface area contributed by atoms with E-state index in [0.717, 1.165) is 12.5 Å². The highest BCUT2D eigenvalue weighted by atomic mass is 28.5.